The lowest BCUT2D eigenvalue weighted by molar-refractivity contribution is 0.0954. The minimum Gasteiger partial charge on any atom is -0.497 e. The third-order valence-corrected chi connectivity index (χ3v) is 5.74. The molecule has 1 amide bonds. The molecule has 2 aromatic carbocycles. The number of fused-ring (bicyclic) bond motifs is 1. The molecule has 9 nitrogen and oxygen atoms in total. The van der Waals surface area contributed by atoms with E-state index in [4.69, 9.17) is 14.6 Å². The Labute approximate surface area is 196 Å². The molecule has 4 N–H and O–H groups in total. The van der Waals surface area contributed by atoms with Crippen LogP contribution in [0, 0.1) is 5.41 Å². The van der Waals surface area contributed by atoms with Crippen LogP contribution in [0.3, 0.4) is 0 Å². The number of benzene rings is 2. The highest BCUT2D eigenvalue weighted by Crippen LogP contribution is 2.37. The van der Waals surface area contributed by atoms with Gasteiger partial charge in [-0.1, -0.05) is 12.1 Å². The fourth-order valence-corrected chi connectivity index (χ4v) is 3.99. The Kier molecular flexibility index (Phi) is 5.73. The molecule has 34 heavy (non-hydrogen) atoms. The predicted molar refractivity (Wildman–Crippen MR) is 128 cm³/mol. The minimum atomic E-state index is -0.447. The van der Waals surface area contributed by atoms with Crippen LogP contribution in [0.2, 0.25) is 0 Å². The molecule has 0 saturated heterocycles. The molecule has 9 heteroatoms. The van der Waals surface area contributed by atoms with E-state index >= 15 is 0 Å². The molecular formula is C25H24N6O3. The molecule has 1 aliphatic heterocycles. The van der Waals surface area contributed by atoms with Gasteiger partial charge in [-0.2, -0.15) is 0 Å². The quantitative estimate of drug-likeness (QED) is 0.334. The van der Waals surface area contributed by atoms with E-state index < -0.39 is 6.17 Å². The molecule has 0 bridgehead atoms. The van der Waals surface area contributed by atoms with Crippen molar-refractivity contribution in [2.24, 2.45) is 0 Å². The summed E-state index contributed by atoms with van der Waals surface area (Å²) in [7, 11) is 1.62. The first-order valence-corrected chi connectivity index (χ1v) is 10.9. The van der Waals surface area contributed by atoms with Crippen molar-refractivity contribution in [2.75, 3.05) is 23.9 Å². The molecule has 0 saturated carbocycles. The van der Waals surface area contributed by atoms with E-state index in [1.165, 1.54) is 0 Å². The number of carbonyl (C=O) groups is 1. The Hall–Kier alpha value is -4.53. The summed E-state index contributed by atoms with van der Waals surface area (Å²) in [5.74, 6) is 1.39. The highest BCUT2D eigenvalue weighted by atomic mass is 16.5. The lowest BCUT2D eigenvalue weighted by Gasteiger charge is -2.38. The molecule has 4 aromatic rings. The normalized spacial score (nSPS) is 14.9. The van der Waals surface area contributed by atoms with Crippen LogP contribution in [0.15, 0.2) is 77.8 Å². The van der Waals surface area contributed by atoms with Crippen molar-refractivity contribution < 1.29 is 13.9 Å². The number of methoxy groups -OCH3 is 1. The average Bonchev–Trinajstić information content (AvgIpc) is 3.56. The number of amides is 1. The maximum absolute atomic E-state index is 12.8. The van der Waals surface area contributed by atoms with E-state index in [0.29, 0.717) is 35.8 Å². The summed E-state index contributed by atoms with van der Waals surface area (Å²) in [5.41, 5.74) is 3.80. The van der Waals surface area contributed by atoms with E-state index in [9.17, 15) is 4.79 Å². The Bertz CT molecular complexity index is 1300. The van der Waals surface area contributed by atoms with Crippen LogP contribution in [0.25, 0.3) is 0 Å². The number of nitrogens with one attached hydrogen (secondary N) is 4. The smallest absolute Gasteiger partial charge is 0.251 e. The van der Waals surface area contributed by atoms with Crippen LogP contribution in [0.4, 0.5) is 11.6 Å². The van der Waals surface area contributed by atoms with Crippen LogP contribution in [0.1, 0.15) is 33.3 Å². The van der Waals surface area contributed by atoms with Crippen molar-refractivity contribution in [2.45, 2.75) is 12.6 Å². The monoisotopic (exact) mass is 456 g/mol. The van der Waals surface area contributed by atoms with Crippen molar-refractivity contribution in [3.8, 4) is 5.75 Å². The third kappa shape index (κ3) is 4.11. The lowest BCUT2D eigenvalue weighted by Crippen LogP contribution is -2.42. The first kappa shape index (κ1) is 21.3. The van der Waals surface area contributed by atoms with Crippen molar-refractivity contribution in [3.63, 3.8) is 0 Å². The van der Waals surface area contributed by atoms with E-state index in [2.05, 4.69) is 20.6 Å². The third-order valence-electron chi connectivity index (χ3n) is 5.74. The first-order valence-electron chi connectivity index (χ1n) is 10.9. The number of hydrogen-bond donors (Lipinski definition) is 4. The summed E-state index contributed by atoms with van der Waals surface area (Å²) in [5, 5.41) is 15.2. The van der Waals surface area contributed by atoms with E-state index in [0.717, 1.165) is 22.7 Å². The van der Waals surface area contributed by atoms with E-state index in [1.54, 1.807) is 38.0 Å². The number of aromatic amines is 1. The number of anilines is 2. The van der Waals surface area contributed by atoms with Crippen LogP contribution in [-0.4, -0.2) is 35.4 Å². The number of amidine groups is 1. The van der Waals surface area contributed by atoms with Crippen molar-refractivity contribution in [1.82, 2.24) is 15.3 Å². The molecule has 5 rings (SSSR count). The Morgan fingerprint density at radius 2 is 2.09 bits per heavy atom. The highest BCUT2D eigenvalue weighted by Gasteiger charge is 2.34. The van der Waals surface area contributed by atoms with Crippen LogP contribution >= 0.6 is 0 Å². The SMILES string of the molecule is COc1ccc(N2C(=N)c3ccoc3NC2c2cccc(C(=O)NCCc3cnc[nH]3)c2)cc1. The number of rotatable bonds is 7. The van der Waals surface area contributed by atoms with E-state index in [1.807, 2.05) is 47.4 Å². The molecule has 172 valence electrons. The summed E-state index contributed by atoms with van der Waals surface area (Å²) in [6.07, 6.45) is 5.14. The molecule has 1 aliphatic rings. The molecular weight excluding hydrogens is 432 g/mol. The summed E-state index contributed by atoms with van der Waals surface area (Å²) < 4.78 is 10.9. The molecule has 1 unspecified atom stereocenters. The molecule has 0 radical (unpaired) electrons. The van der Waals surface area contributed by atoms with Gasteiger partial charge in [0, 0.05) is 36.1 Å². The van der Waals surface area contributed by atoms with Gasteiger partial charge in [0.05, 0.1) is 25.3 Å². The lowest BCUT2D eigenvalue weighted by atomic mass is 10.0. The minimum absolute atomic E-state index is 0.165. The highest BCUT2D eigenvalue weighted by molar-refractivity contribution is 6.13. The van der Waals surface area contributed by atoms with Gasteiger partial charge in [0.15, 0.2) is 0 Å². The zero-order valence-corrected chi connectivity index (χ0v) is 18.5. The maximum Gasteiger partial charge on any atom is 0.251 e. The molecule has 0 spiro atoms. The van der Waals surface area contributed by atoms with Gasteiger partial charge in [0.1, 0.15) is 17.8 Å². The maximum atomic E-state index is 12.8. The van der Waals surface area contributed by atoms with Crippen molar-refractivity contribution in [3.05, 3.63) is 95.8 Å². The zero-order valence-electron chi connectivity index (χ0n) is 18.5. The molecule has 0 fully saturated rings. The molecule has 3 heterocycles. The Morgan fingerprint density at radius 3 is 2.85 bits per heavy atom. The number of imidazole rings is 1. The van der Waals surface area contributed by atoms with Gasteiger partial charge in [0.2, 0.25) is 5.88 Å². The van der Waals surface area contributed by atoms with Gasteiger partial charge in [-0.05, 0) is 48.0 Å². The first-order chi connectivity index (χ1) is 16.6. The van der Waals surface area contributed by atoms with Crippen LogP contribution in [0.5, 0.6) is 5.75 Å². The summed E-state index contributed by atoms with van der Waals surface area (Å²) in [6.45, 7) is 0.491. The molecule has 2 aromatic heterocycles. The van der Waals surface area contributed by atoms with Gasteiger partial charge in [-0.3, -0.25) is 10.2 Å². The van der Waals surface area contributed by atoms with Crippen LogP contribution in [-0.2, 0) is 6.42 Å². The largest absolute Gasteiger partial charge is 0.497 e. The number of ether oxygens (including phenoxy) is 1. The van der Waals surface area contributed by atoms with Crippen molar-refractivity contribution in [1.29, 1.82) is 5.41 Å². The topological polar surface area (TPSA) is 119 Å². The second-order valence-corrected chi connectivity index (χ2v) is 7.84. The second kappa shape index (κ2) is 9.14. The number of H-pyrrole nitrogens is 1. The Balaban J connectivity index is 1.42. The number of furan rings is 1. The van der Waals surface area contributed by atoms with Gasteiger partial charge in [-0.15, -0.1) is 0 Å². The van der Waals surface area contributed by atoms with Gasteiger partial charge in [0.25, 0.3) is 5.91 Å². The summed E-state index contributed by atoms with van der Waals surface area (Å²) >= 11 is 0. The summed E-state index contributed by atoms with van der Waals surface area (Å²) in [6, 6.07) is 16.7. The standard InChI is InChI=1S/C25H24N6O3/c1-33-20-7-5-19(6-8-20)31-22(26)21-10-12-34-25(21)30-23(31)16-3-2-4-17(13-16)24(32)28-11-9-18-14-27-15-29-18/h2-8,10,12-15,23,26,30H,9,11H2,1H3,(H,27,29)(H,28,32). The predicted octanol–water partition coefficient (Wildman–Crippen LogP) is 3.94. The Morgan fingerprint density at radius 1 is 1.24 bits per heavy atom. The van der Waals surface area contributed by atoms with Crippen LogP contribution < -0.4 is 20.3 Å². The van der Waals surface area contributed by atoms with E-state index in [-0.39, 0.29) is 5.91 Å². The van der Waals surface area contributed by atoms with Gasteiger partial charge < -0.3 is 29.7 Å². The molecule has 0 aliphatic carbocycles. The van der Waals surface area contributed by atoms with Gasteiger partial charge >= 0.3 is 0 Å². The average molecular weight is 457 g/mol. The fourth-order valence-electron chi connectivity index (χ4n) is 3.99. The number of nitrogens with zero attached hydrogens (tertiary/aromatic N) is 2. The number of carbonyl (C=O) groups excluding carboxylic acids is 1. The van der Waals surface area contributed by atoms with Gasteiger partial charge in [-0.25, -0.2) is 4.98 Å². The summed E-state index contributed by atoms with van der Waals surface area (Å²) in [4.78, 5) is 21.7. The zero-order chi connectivity index (χ0) is 23.5. The van der Waals surface area contributed by atoms with Crippen molar-refractivity contribution >= 4 is 23.3 Å². The number of aromatic nitrogens is 2. The second-order valence-electron chi connectivity index (χ2n) is 7.84. The molecule has 1 atom stereocenters. The fraction of sp³-hybridized carbons (Fsp3) is 0.160. The number of hydrogen-bond acceptors (Lipinski definition) is 6.